The van der Waals surface area contributed by atoms with Crippen LogP contribution in [-0.2, 0) is 9.53 Å². The summed E-state index contributed by atoms with van der Waals surface area (Å²) < 4.78 is 4.90. The largest absolute Gasteiger partial charge is 0.480 e. The molecule has 0 saturated carbocycles. The van der Waals surface area contributed by atoms with E-state index in [1.165, 1.54) is 12.0 Å². The lowest BCUT2D eigenvalue weighted by Gasteiger charge is -2.19. The monoisotopic (exact) mass is 310 g/mol. The van der Waals surface area contributed by atoms with Crippen molar-refractivity contribution in [2.24, 2.45) is 0 Å². The third-order valence-electron chi connectivity index (χ3n) is 2.99. The molecule has 1 amide bonds. The summed E-state index contributed by atoms with van der Waals surface area (Å²) in [6.07, 6.45) is 0. The lowest BCUT2D eigenvalue weighted by Crippen LogP contribution is -2.38. The molecule has 0 aliphatic carbocycles. The Bertz CT molecular complexity index is 668. The summed E-state index contributed by atoms with van der Waals surface area (Å²) in [7, 11) is 1.49. The Labute approximate surface area is 126 Å². The first kappa shape index (κ1) is 15.3. The van der Waals surface area contributed by atoms with Gasteiger partial charge in [0.05, 0.1) is 6.61 Å². The van der Waals surface area contributed by atoms with E-state index in [0.717, 1.165) is 10.9 Å². The van der Waals surface area contributed by atoms with E-state index in [0.29, 0.717) is 10.7 Å². The predicted octanol–water partition coefficient (Wildman–Crippen LogP) is 1.99. The zero-order valence-electron chi connectivity index (χ0n) is 11.4. The van der Waals surface area contributed by atoms with Gasteiger partial charge in [-0.1, -0.05) is 17.7 Å². The van der Waals surface area contributed by atoms with E-state index in [-0.39, 0.29) is 25.6 Å². The number of hydrogen-bond donors (Lipinski definition) is 2. The second-order valence-electron chi connectivity index (χ2n) is 4.53. The highest BCUT2D eigenvalue weighted by atomic mass is 35.5. The van der Waals surface area contributed by atoms with Gasteiger partial charge in [-0.25, -0.2) is 0 Å². The summed E-state index contributed by atoms with van der Waals surface area (Å²) in [5, 5.41) is 10.3. The minimum atomic E-state index is -1.07. The number of halogens is 1. The second kappa shape index (κ2) is 6.60. The third-order valence-corrected chi connectivity index (χ3v) is 3.23. The molecule has 0 radical (unpaired) electrons. The molecule has 0 atom stereocenters. The molecule has 21 heavy (non-hydrogen) atoms. The first-order valence-corrected chi connectivity index (χ1v) is 6.67. The van der Waals surface area contributed by atoms with Gasteiger partial charge in [0.15, 0.2) is 0 Å². The molecule has 1 heterocycles. The van der Waals surface area contributed by atoms with Crippen molar-refractivity contribution in [2.45, 2.75) is 0 Å². The van der Waals surface area contributed by atoms with Crippen LogP contribution >= 0.6 is 11.6 Å². The fraction of sp³-hybridized carbons (Fsp3) is 0.286. The van der Waals surface area contributed by atoms with Crippen molar-refractivity contribution in [2.75, 3.05) is 26.8 Å². The Balaban J connectivity index is 2.26. The molecule has 0 spiro atoms. The van der Waals surface area contributed by atoms with Crippen LogP contribution in [0.15, 0.2) is 24.3 Å². The standard InChI is InChI=1S/C14H15ClN2O4/c1-21-5-4-17(8-13(18)19)14(20)12-6-9-2-3-10(15)7-11(9)16-12/h2-3,6-7,16H,4-5,8H2,1H3,(H,18,19). The smallest absolute Gasteiger partial charge is 0.323 e. The average molecular weight is 311 g/mol. The van der Waals surface area contributed by atoms with Crippen LogP contribution in [-0.4, -0.2) is 53.7 Å². The number of rotatable bonds is 6. The first-order chi connectivity index (χ1) is 10.0. The van der Waals surface area contributed by atoms with Gasteiger partial charge in [0.1, 0.15) is 12.2 Å². The van der Waals surface area contributed by atoms with Crippen LogP contribution in [0.2, 0.25) is 5.02 Å². The molecule has 0 aliphatic rings. The van der Waals surface area contributed by atoms with Gasteiger partial charge in [-0.2, -0.15) is 0 Å². The van der Waals surface area contributed by atoms with Crippen LogP contribution in [0.4, 0.5) is 0 Å². The number of carbonyl (C=O) groups excluding carboxylic acids is 1. The lowest BCUT2D eigenvalue weighted by molar-refractivity contribution is -0.137. The van der Waals surface area contributed by atoms with Gasteiger partial charge in [-0.05, 0) is 18.2 Å². The van der Waals surface area contributed by atoms with E-state index in [4.69, 9.17) is 21.4 Å². The SMILES string of the molecule is COCCN(CC(=O)O)C(=O)c1cc2ccc(Cl)cc2[nH]1. The van der Waals surface area contributed by atoms with Crippen molar-refractivity contribution in [1.82, 2.24) is 9.88 Å². The van der Waals surface area contributed by atoms with E-state index in [1.54, 1.807) is 24.3 Å². The number of aromatic nitrogens is 1. The highest BCUT2D eigenvalue weighted by molar-refractivity contribution is 6.31. The molecule has 2 rings (SSSR count). The molecule has 7 heteroatoms. The van der Waals surface area contributed by atoms with E-state index >= 15 is 0 Å². The zero-order chi connectivity index (χ0) is 15.4. The number of ether oxygens (including phenoxy) is 1. The number of methoxy groups -OCH3 is 1. The Kier molecular flexibility index (Phi) is 4.82. The Morgan fingerprint density at radius 1 is 1.38 bits per heavy atom. The number of fused-ring (bicyclic) bond motifs is 1. The second-order valence-corrected chi connectivity index (χ2v) is 4.96. The maximum absolute atomic E-state index is 12.4. The summed E-state index contributed by atoms with van der Waals surface area (Å²) in [5.74, 6) is -1.46. The number of aliphatic carboxylic acids is 1. The number of H-pyrrole nitrogens is 1. The van der Waals surface area contributed by atoms with Gasteiger partial charge in [0.25, 0.3) is 5.91 Å². The molecule has 1 aromatic carbocycles. The Morgan fingerprint density at radius 2 is 2.14 bits per heavy atom. The fourth-order valence-corrected chi connectivity index (χ4v) is 2.17. The zero-order valence-corrected chi connectivity index (χ0v) is 12.2. The van der Waals surface area contributed by atoms with Crippen molar-refractivity contribution >= 4 is 34.4 Å². The number of amides is 1. The molecule has 6 nitrogen and oxygen atoms in total. The predicted molar refractivity (Wildman–Crippen MR) is 78.7 cm³/mol. The van der Waals surface area contributed by atoms with Gasteiger partial charge in [-0.3, -0.25) is 9.59 Å². The number of hydrogen-bond acceptors (Lipinski definition) is 3. The van der Waals surface area contributed by atoms with E-state index in [2.05, 4.69) is 4.98 Å². The quantitative estimate of drug-likeness (QED) is 0.855. The minimum Gasteiger partial charge on any atom is -0.480 e. The number of nitrogens with one attached hydrogen (secondary N) is 1. The Hall–Kier alpha value is -2.05. The number of aromatic amines is 1. The summed E-state index contributed by atoms with van der Waals surface area (Å²) in [6, 6.07) is 6.91. The number of carbonyl (C=O) groups is 2. The third kappa shape index (κ3) is 3.74. The van der Waals surface area contributed by atoms with Crippen LogP contribution in [0.5, 0.6) is 0 Å². The van der Waals surface area contributed by atoms with Crippen LogP contribution in [0.3, 0.4) is 0 Å². The van der Waals surface area contributed by atoms with Crippen molar-refractivity contribution in [3.63, 3.8) is 0 Å². The molecule has 2 aromatic rings. The van der Waals surface area contributed by atoms with Gasteiger partial charge in [0, 0.05) is 29.6 Å². The average Bonchev–Trinajstić information content (AvgIpc) is 2.85. The lowest BCUT2D eigenvalue weighted by atomic mass is 10.2. The molecular weight excluding hydrogens is 296 g/mol. The Morgan fingerprint density at radius 3 is 2.81 bits per heavy atom. The van der Waals surface area contributed by atoms with Crippen LogP contribution < -0.4 is 0 Å². The highest BCUT2D eigenvalue weighted by Crippen LogP contribution is 2.20. The molecule has 112 valence electrons. The number of carboxylic acid groups (broad SMARTS) is 1. The van der Waals surface area contributed by atoms with Crippen molar-refractivity contribution in [1.29, 1.82) is 0 Å². The number of nitrogens with zero attached hydrogens (tertiary/aromatic N) is 1. The first-order valence-electron chi connectivity index (χ1n) is 6.29. The summed E-state index contributed by atoms with van der Waals surface area (Å²) >= 11 is 5.90. The maximum atomic E-state index is 12.4. The summed E-state index contributed by atoms with van der Waals surface area (Å²) in [6.45, 7) is 0.0984. The number of carboxylic acids is 1. The molecule has 0 fully saturated rings. The van der Waals surface area contributed by atoms with Crippen molar-refractivity contribution in [3.05, 3.63) is 35.0 Å². The minimum absolute atomic E-state index is 0.206. The topological polar surface area (TPSA) is 82.6 Å². The van der Waals surface area contributed by atoms with Gasteiger partial charge in [-0.15, -0.1) is 0 Å². The molecule has 2 N–H and O–H groups in total. The summed E-state index contributed by atoms with van der Waals surface area (Å²) in [5.41, 5.74) is 1.05. The molecule has 0 aliphatic heterocycles. The highest BCUT2D eigenvalue weighted by Gasteiger charge is 2.20. The molecule has 0 unspecified atom stereocenters. The van der Waals surface area contributed by atoms with Gasteiger partial charge < -0.3 is 19.7 Å². The number of benzene rings is 1. The van der Waals surface area contributed by atoms with Crippen LogP contribution in [0.25, 0.3) is 10.9 Å². The molecule has 1 aromatic heterocycles. The van der Waals surface area contributed by atoms with Gasteiger partial charge >= 0.3 is 5.97 Å². The van der Waals surface area contributed by atoms with E-state index in [9.17, 15) is 9.59 Å². The maximum Gasteiger partial charge on any atom is 0.323 e. The van der Waals surface area contributed by atoms with Gasteiger partial charge in [0.2, 0.25) is 0 Å². The van der Waals surface area contributed by atoms with E-state index in [1.807, 2.05) is 0 Å². The molecule has 0 bridgehead atoms. The van der Waals surface area contributed by atoms with Crippen LogP contribution in [0, 0.1) is 0 Å². The van der Waals surface area contributed by atoms with Crippen LogP contribution in [0.1, 0.15) is 10.5 Å². The summed E-state index contributed by atoms with van der Waals surface area (Å²) in [4.78, 5) is 27.4. The molecular formula is C14H15ClN2O4. The normalized spacial score (nSPS) is 10.8. The van der Waals surface area contributed by atoms with E-state index < -0.39 is 5.97 Å². The molecule has 0 saturated heterocycles. The van der Waals surface area contributed by atoms with Crippen molar-refractivity contribution < 1.29 is 19.4 Å². The van der Waals surface area contributed by atoms with Crippen molar-refractivity contribution in [3.8, 4) is 0 Å². The fourth-order valence-electron chi connectivity index (χ4n) is 2.00.